The van der Waals surface area contributed by atoms with Crippen molar-refractivity contribution < 1.29 is 4.79 Å². The van der Waals surface area contributed by atoms with E-state index in [0.717, 1.165) is 65.9 Å². The molecule has 190 valence electrons. The number of thiazole rings is 1. The van der Waals surface area contributed by atoms with E-state index >= 15 is 0 Å². The highest BCUT2D eigenvalue weighted by Gasteiger charge is 2.18. The first kappa shape index (κ1) is 26.5. The summed E-state index contributed by atoms with van der Waals surface area (Å²) in [5, 5.41) is 6.09. The summed E-state index contributed by atoms with van der Waals surface area (Å²) in [7, 11) is 0. The Morgan fingerprint density at radius 1 is 1.03 bits per heavy atom. The summed E-state index contributed by atoms with van der Waals surface area (Å²) in [6.07, 6.45) is 14.7. The molecule has 2 heterocycles. The molecule has 1 atom stereocenters. The van der Waals surface area contributed by atoms with Crippen LogP contribution in [0.3, 0.4) is 0 Å². The standard InChI is InChI=1S/C32H35N3OS/c1-3-11-27(15-8-5-4-7-12-25-18-20-33-21-19-25)32-35-30(23-37-32)31(36)34-29-17-16-24(2)22-28(29)26-13-9-6-10-14-26/h6-7,9-10,12-14,16-23,27H,3-5,8,11,15H2,1-2H3,(H,34,36)/b12-7-. The number of carbonyl (C=O) groups excluding carboxylic acids is 1. The summed E-state index contributed by atoms with van der Waals surface area (Å²) in [5.74, 6) is 0.250. The van der Waals surface area contributed by atoms with Crippen molar-refractivity contribution in [2.24, 2.45) is 0 Å². The minimum absolute atomic E-state index is 0.153. The monoisotopic (exact) mass is 509 g/mol. The molecular formula is C32H35N3OS. The third-order valence-electron chi connectivity index (χ3n) is 6.44. The van der Waals surface area contributed by atoms with Crippen molar-refractivity contribution in [2.45, 2.75) is 58.3 Å². The Morgan fingerprint density at radius 3 is 2.62 bits per heavy atom. The quantitative estimate of drug-likeness (QED) is 0.194. The molecule has 4 nitrogen and oxygen atoms in total. The van der Waals surface area contributed by atoms with Crippen LogP contribution >= 0.6 is 11.3 Å². The Balaban J connectivity index is 1.36. The number of benzene rings is 2. The molecule has 0 saturated carbocycles. The van der Waals surface area contributed by atoms with E-state index in [2.05, 4.69) is 54.5 Å². The van der Waals surface area contributed by atoms with Gasteiger partial charge in [0, 0.05) is 34.9 Å². The predicted molar refractivity (Wildman–Crippen MR) is 156 cm³/mol. The minimum Gasteiger partial charge on any atom is -0.320 e. The number of nitrogens with one attached hydrogen (secondary N) is 1. The molecule has 0 saturated heterocycles. The number of hydrogen-bond donors (Lipinski definition) is 1. The molecule has 0 spiro atoms. The van der Waals surface area contributed by atoms with Gasteiger partial charge in [0.25, 0.3) is 5.91 Å². The molecular weight excluding hydrogens is 474 g/mol. The van der Waals surface area contributed by atoms with E-state index in [-0.39, 0.29) is 5.91 Å². The Labute approximate surface area is 224 Å². The van der Waals surface area contributed by atoms with Gasteiger partial charge in [-0.3, -0.25) is 9.78 Å². The number of nitrogens with zero attached hydrogens (tertiary/aromatic N) is 2. The second-order valence-corrected chi connectivity index (χ2v) is 10.3. The molecule has 4 rings (SSSR count). The van der Waals surface area contributed by atoms with Gasteiger partial charge in [-0.25, -0.2) is 4.98 Å². The highest BCUT2D eigenvalue weighted by atomic mass is 32.1. The largest absolute Gasteiger partial charge is 0.320 e. The fourth-order valence-electron chi connectivity index (χ4n) is 4.48. The number of aryl methyl sites for hydroxylation is 1. The van der Waals surface area contributed by atoms with Crippen molar-refractivity contribution in [1.82, 2.24) is 9.97 Å². The number of allylic oxidation sites excluding steroid dienone is 1. The van der Waals surface area contributed by atoms with Crippen molar-refractivity contribution in [2.75, 3.05) is 5.32 Å². The van der Waals surface area contributed by atoms with Gasteiger partial charge in [-0.2, -0.15) is 0 Å². The lowest BCUT2D eigenvalue weighted by Crippen LogP contribution is -2.13. The molecule has 0 radical (unpaired) electrons. The summed E-state index contributed by atoms with van der Waals surface area (Å²) < 4.78 is 0. The molecule has 0 aliphatic carbocycles. The lowest BCUT2D eigenvalue weighted by atomic mass is 9.97. The molecule has 37 heavy (non-hydrogen) atoms. The van der Waals surface area contributed by atoms with E-state index in [1.807, 2.05) is 60.2 Å². The average molecular weight is 510 g/mol. The van der Waals surface area contributed by atoms with Gasteiger partial charge < -0.3 is 5.32 Å². The van der Waals surface area contributed by atoms with Crippen LogP contribution in [0, 0.1) is 6.92 Å². The van der Waals surface area contributed by atoms with Crippen LogP contribution in [-0.2, 0) is 0 Å². The Bertz CT molecular complexity index is 1300. The summed E-state index contributed by atoms with van der Waals surface area (Å²) in [6.45, 7) is 4.28. The van der Waals surface area contributed by atoms with Crippen molar-refractivity contribution >= 4 is 29.0 Å². The number of unbranched alkanes of at least 4 members (excludes halogenated alkanes) is 2. The van der Waals surface area contributed by atoms with Crippen LogP contribution in [0.15, 0.2) is 84.5 Å². The molecule has 0 fully saturated rings. The number of pyridine rings is 1. The summed E-state index contributed by atoms with van der Waals surface area (Å²) >= 11 is 1.61. The minimum atomic E-state index is -0.153. The Kier molecular flexibility index (Phi) is 9.78. The van der Waals surface area contributed by atoms with Gasteiger partial charge in [0.05, 0.1) is 5.01 Å². The lowest BCUT2D eigenvalue weighted by molar-refractivity contribution is 0.102. The highest BCUT2D eigenvalue weighted by molar-refractivity contribution is 7.10. The number of amides is 1. The normalized spacial score (nSPS) is 12.1. The fourth-order valence-corrected chi connectivity index (χ4v) is 5.45. The smallest absolute Gasteiger partial charge is 0.275 e. The van der Waals surface area contributed by atoms with Crippen molar-refractivity contribution in [3.8, 4) is 11.1 Å². The summed E-state index contributed by atoms with van der Waals surface area (Å²) in [4.78, 5) is 22.0. The molecule has 0 aliphatic heterocycles. The molecule has 4 aromatic rings. The van der Waals surface area contributed by atoms with E-state index in [9.17, 15) is 4.79 Å². The van der Waals surface area contributed by atoms with Gasteiger partial charge in [0.1, 0.15) is 5.69 Å². The Hall–Kier alpha value is -3.57. The van der Waals surface area contributed by atoms with Gasteiger partial charge in [-0.05, 0) is 68.0 Å². The van der Waals surface area contributed by atoms with Gasteiger partial charge in [0.15, 0.2) is 0 Å². The molecule has 1 N–H and O–H groups in total. The van der Waals surface area contributed by atoms with Crippen molar-refractivity contribution in [1.29, 1.82) is 0 Å². The number of anilines is 1. The van der Waals surface area contributed by atoms with Crippen LogP contribution in [0.4, 0.5) is 5.69 Å². The molecule has 2 aromatic carbocycles. The first-order valence-corrected chi connectivity index (χ1v) is 14.0. The first-order valence-electron chi connectivity index (χ1n) is 13.1. The molecule has 0 aliphatic rings. The van der Waals surface area contributed by atoms with E-state index in [1.165, 1.54) is 5.56 Å². The molecule has 5 heteroatoms. The van der Waals surface area contributed by atoms with Crippen molar-refractivity contribution in [3.63, 3.8) is 0 Å². The van der Waals surface area contributed by atoms with Gasteiger partial charge in [0.2, 0.25) is 0 Å². The second kappa shape index (κ2) is 13.7. The summed E-state index contributed by atoms with van der Waals surface area (Å²) in [6, 6.07) is 20.3. The van der Waals surface area contributed by atoms with Crippen molar-refractivity contribution in [3.05, 3.63) is 106 Å². The zero-order chi connectivity index (χ0) is 25.9. The number of carbonyl (C=O) groups is 1. The average Bonchev–Trinajstić information content (AvgIpc) is 3.42. The maximum absolute atomic E-state index is 13.1. The number of aromatic nitrogens is 2. The maximum Gasteiger partial charge on any atom is 0.275 e. The topological polar surface area (TPSA) is 54.9 Å². The molecule has 1 amide bonds. The number of rotatable bonds is 12. The van der Waals surface area contributed by atoms with Crippen LogP contribution in [0.1, 0.15) is 78.0 Å². The van der Waals surface area contributed by atoms with Crippen LogP contribution < -0.4 is 5.32 Å². The van der Waals surface area contributed by atoms with Gasteiger partial charge in [-0.15, -0.1) is 11.3 Å². The van der Waals surface area contributed by atoms with Gasteiger partial charge in [-0.1, -0.05) is 73.9 Å². The molecule has 0 bridgehead atoms. The second-order valence-electron chi connectivity index (χ2n) is 9.39. The SMILES string of the molecule is CCCC(CCCC/C=C\c1ccncc1)c1nc(C(=O)Nc2ccc(C)cc2-c2ccccc2)cs1. The fraction of sp³-hybridized carbons (Fsp3) is 0.281. The van der Waals surface area contributed by atoms with Crippen LogP contribution in [-0.4, -0.2) is 15.9 Å². The molecule has 2 aromatic heterocycles. The van der Waals surface area contributed by atoms with Gasteiger partial charge >= 0.3 is 0 Å². The van der Waals surface area contributed by atoms with E-state index in [1.54, 1.807) is 11.3 Å². The third-order valence-corrected chi connectivity index (χ3v) is 7.45. The predicted octanol–water partition coefficient (Wildman–Crippen LogP) is 8.92. The lowest BCUT2D eigenvalue weighted by Gasteiger charge is -2.13. The third kappa shape index (κ3) is 7.70. The van der Waals surface area contributed by atoms with Crippen LogP contribution in [0.2, 0.25) is 0 Å². The van der Waals surface area contributed by atoms with E-state index < -0.39 is 0 Å². The summed E-state index contributed by atoms with van der Waals surface area (Å²) in [5.41, 5.74) is 5.75. The molecule has 1 unspecified atom stereocenters. The van der Waals surface area contributed by atoms with E-state index in [4.69, 9.17) is 4.98 Å². The first-order chi connectivity index (χ1) is 18.1. The maximum atomic E-state index is 13.1. The highest BCUT2D eigenvalue weighted by Crippen LogP contribution is 2.32. The Morgan fingerprint density at radius 2 is 1.84 bits per heavy atom. The van der Waals surface area contributed by atoms with E-state index in [0.29, 0.717) is 11.6 Å². The number of hydrogen-bond acceptors (Lipinski definition) is 4. The van der Waals surface area contributed by atoms with Crippen LogP contribution in [0.25, 0.3) is 17.2 Å². The zero-order valence-electron chi connectivity index (χ0n) is 21.7. The van der Waals surface area contributed by atoms with Crippen LogP contribution in [0.5, 0.6) is 0 Å². The zero-order valence-corrected chi connectivity index (χ0v) is 22.5.